The molecule has 1 aliphatic heterocycles. The van der Waals surface area contributed by atoms with E-state index in [1.807, 2.05) is 4.57 Å². The van der Waals surface area contributed by atoms with E-state index in [1.165, 1.54) is 0 Å². The van der Waals surface area contributed by atoms with E-state index in [0.717, 1.165) is 5.82 Å². The minimum atomic E-state index is -0.540. The summed E-state index contributed by atoms with van der Waals surface area (Å²) in [4.78, 5) is 8.10. The van der Waals surface area contributed by atoms with E-state index in [0.29, 0.717) is 11.1 Å². The Morgan fingerprint density at radius 3 is 2.89 bits per heavy atom. The van der Waals surface area contributed by atoms with E-state index >= 15 is 0 Å². The van der Waals surface area contributed by atoms with Crippen LogP contribution in [0.25, 0.3) is 0 Å². The molecule has 1 aromatic heterocycles. The number of aromatic nitrogens is 2. The quantitative estimate of drug-likeness (QED) is 0.399. The standard InChI is InChI=1S/C9H16N6O2Se/c10-7-6-8(14-9(11)13-7)15(3-12-6)4-18-5(1-16)2-17/h3,5,7,16-17H,1-2,4,10H2,(H3,11,13,14). The maximum atomic E-state index is 9.03. The molecular weight excluding hydrogens is 303 g/mol. The number of aliphatic imine (C=N–C) groups is 1. The number of imidazole rings is 1. The van der Waals surface area contributed by atoms with Gasteiger partial charge in [0.05, 0.1) is 0 Å². The van der Waals surface area contributed by atoms with Crippen molar-refractivity contribution >= 4 is 26.7 Å². The van der Waals surface area contributed by atoms with Crippen molar-refractivity contribution in [2.45, 2.75) is 16.4 Å². The monoisotopic (exact) mass is 320 g/mol. The summed E-state index contributed by atoms with van der Waals surface area (Å²) < 4.78 is 1.88. The molecule has 9 heteroatoms. The second-order valence-electron chi connectivity index (χ2n) is 3.82. The van der Waals surface area contributed by atoms with Gasteiger partial charge >= 0.3 is 110 Å². The van der Waals surface area contributed by atoms with Crippen molar-refractivity contribution in [3.8, 4) is 0 Å². The van der Waals surface area contributed by atoms with Crippen LogP contribution in [0.3, 0.4) is 0 Å². The van der Waals surface area contributed by atoms with Gasteiger partial charge in [0, 0.05) is 0 Å². The van der Waals surface area contributed by atoms with Crippen molar-refractivity contribution in [3.63, 3.8) is 0 Å². The molecule has 18 heavy (non-hydrogen) atoms. The molecule has 7 N–H and O–H groups in total. The van der Waals surface area contributed by atoms with Crippen LogP contribution in [-0.4, -0.2) is 53.9 Å². The van der Waals surface area contributed by atoms with Crippen molar-refractivity contribution in [1.82, 2.24) is 9.55 Å². The Bertz CT molecular complexity index is 444. The molecule has 0 fully saturated rings. The molecule has 8 nitrogen and oxygen atoms in total. The number of hydrogen-bond acceptors (Lipinski definition) is 7. The number of fused-ring (bicyclic) bond motifs is 1. The fraction of sp³-hybridized carbons (Fsp3) is 0.556. The first-order valence-corrected chi connectivity index (χ1v) is 7.60. The van der Waals surface area contributed by atoms with Crippen molar-refractivity contribution in [3.05, 3.63) is 12.0 Å². The molecule has 0 saturated heterocycles. The molecule has 2 rings (SSSR count). The van der Waals surface area contributed by atoms with Gasteiger partial charge in [0.1, 0.15) is 0 Å². The Balaban J connectivity index is 2.08. The molecule has 0 aliphatic carbocycles. The van der Waals surface area contributed by atoms with Crippen LogP contribution in [0, 0.1) is 0 Å². The Labute approximate surface area is 110 Å². The van der Waals surface area contributed by atoms with Gasteiger partial charge in [-0.25, -0.2) is 0 Å². The van der Waals surface area contributed by atoms with Crippen molar-refractivity contribution in [1.29, 1.82) is 0 Å². The number of nitrogens with zero attached hydrogens (tertiary/aromatic N) is 3. The van der Waals surface area contributed by atoms with Gasteiger partial charge < -0.3 is 0 Å². The first-order valence-electron chi connectivity index (χ1n) is 5.40. The summed E-state index contributed by atoms with van der Waals surface area (Å²) in [5, 5.41) is 21.0. The number of rotatable bonds is 5. The first kappa shape index (κ1) is 13.3. The van der Waals surface area contributed by atoms with E-state index < -0.39 is 6.17 Å². The molecule has 1 unspecified atom stereocenters. The van der Waals surface area contributed by atoms with E-state index in [2.05, 4.69) is 15.3 Å². The first-order chi connectivity index (χ1) is 8.65. The average molecular weight is 319 g/mol. The molecule has 0 spiro atoms. The topological polar surface area (TPSA) is 135 Å². The zero-order valence-corrected chi connectivity index (χ0v) is 11.4. The van der Waals surface area contributed by atoms with Gasteiger partial charge in [0.2, 0.25) is 0 Å². The van der Waals surface area contributed by atoms with Crippen LogP contribution in [0.2, 0.25) is 4.82 Å². The third-order valence-corrected chi connectivity index (χ3v) is 5.04. The van der Waals surface area contributed by atoms with Crippen LogP contribution in [0.4, 0.5) is 5.82 Å². The van der Waals surface area contributed by atoms with E-state index in [-0.39, 0.29) is 38.9 Å². The number of guanidine groups is 1. The average Bonchev–Trinajstić information content (AvgIpc) is 2.74. The Kier molecular flexibility index (Phi) is 4.20. The summed E-state index contributed by atoms with van der Waals surface area (Å²) in [5.41, 5.74) is 12.8. The van der Waals surface area contributed by atoms with Gasteiger partial charge in [-0.3, -0.25) is 0 Å². The number of hydrogen-bond donors (Lipinski definition) is 5. The normalized spacial score (nSPS) is 18.4. The third kappa shape index (κ3) is 2.65. The SMILES string of the molecule is NC1=NC(N)c2ncn(C[Se]C(CO)CO)c2N1. The van der Waals surface area contributed by atoms with E-state index in [4.69, 9.17) is 21.7 Å². The molecular formula is C9H16N6O2Se. The molecule has 1 aliphatic rings. The molecule has 100 valence electrons. The van der Waals surface area contributed by atoms with Gasteiger partial charge in [-0.1, -0.05) is 0 Å². The number of nitrogens with two attached hydrogens (primary N) is 2. The zero-order chi connectivity index (χ0) is 13.1. The van der Waals surface area contributed by atoms with Gasteiger partial charge in [0.25, 0.3) is 0 Å². The number of anilines is 1. The summed E-state index contributed by atoms with van der Waals surface area (Å²) in [5.74, 6) is 1.01. The van der Waals surface area contributed by atoms with Crippen LogP contribution in [-0.2, 0) is 5.44 Å². The molecule has 2 heterocycles. The van der Waals surface area contributed by atoms with Gasteiger partial charge in [-0.15, -0.1) is 0 Å². The van der Waals surface area contributed by atoms with Crippen LogP contribution in [0.15, 0.2) is 11.3 Å². The summed E-state index contributed by atoms with van der Waals surface area (Å²) in [6.45, 7) is -0.0200. The fourth-order valence-corrected chi connectivity index (χ4v) is 3.19. The molecule has 1 aromatic rings. The van der Waals surface area contributed by atoms with Crippen molar-refractivity contribution in [2.75, 3.05) is 18.5 Å². The van der Waals surface area contributed by atoms with Gasteiger partial charge in [-0.2, -0.15) is 0 Å². The van der Waals surface area contributed by atoms with E-state index in [9.17, 15) is 0 Å². The zero-order valence-electron chi connectivity index (χ0n) is 9.65. The Morgan fingerprint density at radius 1 is 1.50 bits per heavy atom. The molecule has 0 amide bonds. The van der Waals surface area contributed by atoms with Crippen molar-refractivity contribution < 1.29 is 10.2 Å². The molecule has 0 radical (unpaired) electrons. The molecule has 0 aromatic carbocycles. The second kappa shape index (κ2) is 5.68. The van der Waals surface area contributed by atoms with Crippen LogP contribution < -0.4 is 16.8 Å². The maximum absolute atomic E-state index is 9.03. The summed E-state index contributed by atoms with van der Waals surface area (Å²) in [7, 11) is 0. The van der Waals surface area contributed by atoms with Gasteiger partial charge in [0.15, 0.2) is 0 Å². The second-order valence-corrected chi connectivity index (χ2v) is 6.46. The summed E-state index contributed by atoms with van der Waals surface area (Å²) in [6, 6.07) is 0. The Hall–Kier alpha value is -1.12. The summed E-state index contributed by atoms with van der Waals surface area (Å²) >= 11 is 0.0626. The van der Waals surface area contributed by atoms with Gasteiger partial charge in [-0.05, 0) is 0 Å². The number of aliphatic hydroxyl groups is 2. The van der Waals surface area contributed by atoms with Crippen LogP contribution >= 0.6 is 0 Å². The molecule has 0 saturated carbocycles. The molecule has 0 bridgehead atoms. The fourth-order valence-electron chi connectivity index (χ4n) is 1.56. The number of aliphatic hydroxyl groups excluding tert-OH is 2. The van der Waals surface area contributed by atoms with E-state index in [1.54, 1.807) is 6.33 Å². The minimum absolute atomic E-state index is 0.00999. The summed E-state index contributed by atoms with van der Waals surface area (Å²) in [6.07, 6.45) is 1.13. The Morgan fingerprint density at radius 2 is 2.22 bits per heavy atom. The molecule has 1 atom stereocenters. The number of nitrogens with one attached hydrogen (secondary N) is 1. The predicted molar refractivity (Wildman–Crippen MR) is 68.1 cm³/mol. The van der Waals surface area contributed by atoms with Crippen LogP contribution in [0.1, 0.15) is 11.9 Å². The van der Waals surface area contributed by atoms with Crippen molar-refractivity contribution in [2.24, 2.45) is 16.5 Å². The predicted octanol–water partition coefficient (Wildman–Crippen LogP) is -1.98. The van der Waals surface area contributed by atoms with Crippen LogP contribution in [0.5, 0.6) is 0 Å². The third-order valence-electron chi connectivity index (χ3n) is 2.53.